The van der Waals surface area contributed by atoms with Crippen molar-refractivity contribution >= 4 is 40.9 Å². The predicted molar refractivity (Wildman–Crippen MR) is 112 cm³/mol. The minimum Gasteiger partial charge on any atom is -0.325 e. The van der Waals surface area contributed by atoms with Gasteiger partial charge in [-0.3, -0.25) is 9.59 Å². The quantitative estimate of drug-likeness (QED) is 0.617. The number of benzene rings is 2. The number of anilines is 1. The fourth-order valence-corrected chi connectivity index (χ4v) is 3.83. The molecule has 0 fully saturated rings. The van der Waals surface area contributed by atoms with Crippen LogP contribution in [0.1, 0.15) is 22.8 Å². The van der Waals surface area contributed by atoms with E-state index < -0.39 is 0 Å². The summed E-state index contributed by atoms with van der Waals surface area (Å²) in [6.07, 6.45) is 0. The average Bonchev–Trinajstić information content (AvgIpc) is 3.03. The van der Waals surface area contributed by atoms with Crippen LogP contribution in [0.25, 0.3) is 11.4 Å². The number of hydrogen-bond donors (Lipinski definition) is 1. The van der Waals surface area contributed by atoms with Gasteiger partial charge in [0.05, 0.1) is 10.8 Å². The molecule has 1 heterocycles. The van der Waals surface area contributed by atoms with Gasteiger partial charge in [0, 0.05) is 18.2 Å². The maximum Gasteiger partial charge on any atom is 0.234 e. The molecule has 0 aliphatic rings. The van der Waals surface area contributed by atoms with E-state index in [9.17, 15) is 9.59 Å². The highest BCUT2D eigenvalue weighted by Crippen LogP contribution is 2.29. The molecular weight excluding hydrogens is 396 g/mol. The maximum absolute atomic E-state index is 12.3. The lowest BCUT2D eigenvalue weighted by atomic mass is 10.1. The lowest BCUT2D eigenvalue weighted by Gasteiger charge is -2.09. The molecule has 0 saturated carbocycles. The first-order chi connectivity index (χ1) is 13.3. The normalized spacial score (nSPS) is 10.7. The van der Waals surface area contributed by atoms with Gasteiger partial charge in [-0.05, 0) is 49.2 Å². The summed E-state index contributed by atoms with van der Waals surface area (Å²) in [6.45, 7) is 5.37. The molecule has 0 radical (unpaired) electrons. The lowest BCUT2D eigenvalue weighted by molar-refractivity contribution is -0.113. The van der Waals surface area contributed by atoms with Crippen LogP contribution >= 0.6 is 23.4 Å². The molecule has 144 valence electrons. The molecule has 6 nitrogen and oxygen atoms in total. The van der Waals surface area contributed by atoms with Gasteiger partial charge in [-0.1, -0.05) is 41.6 Å². The second-order valence-electron chi connectivity index (χ2n) is 6.35. The van der Waals surface area contributed by atoms with E-state index in [1.165, 1.54) is 11.5 Å². The molecular formula is C20H19ClN4O2S. The Morgan fingerprint density at radius 1 is 1.11 bits per heavy atom. The van der Waals surface area contributed by atoms with Crippen LogP contribution in [0, 0.1) is 13.8 Å². The van der Waals surface area contributed by atoms with Crippen molar-refractivity contribution in [1.29, 1.82) is 0 Å². The van der Waals surface area contributed by atoms with Crippen molar-refractivity contribution in [3.05, 3.63) is 58.6 Å². The molecule has 28 heavy (non-hydrogen) atoms. The van der Waals surface area contributed by atoms with Gasteiger partial charge in [0.25, 0.3) is 0 Å². The van der Waals surface area contributed by atoms with Crippen LogP contribution < -0.4 is 5.32 Å². The van der Waals surface area contributed by atoms with E-state index in [0.29, 0.717) is 21.6 Å². The minimum absolute atomic E-state index is 0.0981. The van der Waals surface area contributed by atoms with Crippen LogP contribution in [0.4, 0.5) is 5.69 Å². The number of carbonyl (C=O) groups is 2. The van der Waals surface area contributed by atoms with Gasteiger partial charge in [0.1, 0.15) is 0 Å². The average molecular weight is 415 g/mol. The molecule has 1 aromatic heterocycles. The molecule has 0 atom stereocenters. The Hall–Kier alpha value is -2.64. The summed E-state index contributed by atoms with van der Waals surface area (Å²) in [6, 6.07) is 13.0. The lowest BCUT2D eigenvalue weighted by Crippen LogP contribution is -2.16. The van der Waals surface area contributed by atoms with Gasteiger partial charge in [-0.15, -0.1) is 10.2 Å². The highest BCUT2D eigenvalue weighted by atomic mass is 35.5. The van der Waals surface area contributed by atoms with Crippen molar-refractivity contribution < 1.29 is 9.59 Å². The first-order valence-electron chi connectivity index (χ1n) is 8.57. The van der Waals surface area contributed by atoms with E-state index in [4.69, 9.17) is 11.6 Å². The van der Waals surface area contributed by atoms with E-state index in [0.717, 1.165) is 28.6 Å². The molecule has 1 N–H and O–H groups in total. The number of rotatable bonds is 5. The Labute approximate surface area is 172 Å². The Morgan fingerprint density at radius 3 is 2.43 bits per heavy atom. The Kier molecular flexibility index (Phi) is 6.16. The first kappa shape index (κ1) is 20.1. The van der Waals surface area contributed by atoms with Crippen molar-refractivity contribution in [3.8, 4) is 11.4 Å². The first-order valence-corrected chi connectivity index (χ1v) is 9.93. The van der Waals surface area contributed by atoms with Gasteiger partial charge in [-0.2, -0.15) is 0 Å². The molecule has 3 rings (SSSR count). The molecule has 0 unspecified atom stereocenters. The van der Waals surface area contributed by atoms with Crippen LogP contribution in [0.3, 0.4) is 0 Å². The third-order valence-electron chi connectivity index (χ3n) is 3.90. The molecule has 0 aliphatic heterocycles. The number of thioether (sulfide) groups is 1. The van der Waals surface area contributed by atoms with Gasteiger partial charge in [0.15, 0.2) is 11.0 Å². The molecule has 0 bridgehead atoms. The number of amides is 1. The van der Waals surface area contributed by atoms with Gasteiger partial charge < -0.3 is 5.32 Å². The number of hydrogen-bond acceptors (Lipinski definition) is 5. The predicted octanol–water partition coefficient (Wildman–Crippen LogP) is 4.61. The van der Waals surface area contributed by atoms with Crippen molar-refractivity contribution in [2.75, 3.05) is 11.1 Å². The fourth-order valence-electron chi connectivity index (χ4n) is 2.84. The van der Waals surface area contributed by atoms with Crippen molar-refractivity contribution in [1.82, 2.24) is 14.8 Å². The number of aryl methyl sites for hydroxylation is 2. The summed E-state index contributed by atoms with van der Waals surface area (Å²) in [5.74, 6) is 0.0147. The number of aromatic nitrogens is 3. The summed E-state index contributed by atoms with van der Waals surface area (Å²) in [5, 5.41) is 11.9. The standard InChI is InChI=1S/C20H19ClN4O2S/c1-12-8-13(2)10-15(9-12)22-18(27)11-28-20-24-23-19(25(20)14(3)26)16-6-4-5-7-17(16)21/h4-10H,11H2,1-3H3,(H,22,27). The second kappa shape index (κ2) is 8.58. The summed E-state index contributed by atoms with van der Waals surface area (Å²) < 4.78 is 1.37. The number of nitrogens with zero attached hydrogens (tertiary/aromatic N) is 3. The molecule has 0 aliphatic carbocycles. The zero-order valence-corrected chi connectivity index (χ0v) is 17.3. The summed E-state index contributed by atoms with van der Waals surface area (Å²) in [4.78, 5) is 24.5. The smallest absolute Gasteiger partial charge is 0.234 e. The largest absolute Gasteiger partial charge is 0.325 e. The topological polar surface area (TPSA) is 76.9 Å². The summed E-state index contributed by atoms with van der Waals surface area (Å²) >= 11 is 7.37. The molecule has 0 saturated heterocycles. The van der Waals surface area contributed by atoms with Crippen molar-refractivity contribution in [2.24, 2.45) is 0 Å². The van der Waals surface area contributed by atoms with E-state index in [2.05, 4.69) is 15.5 Å². The highest BCUT2D eigenvalue weighted by molar-refractivity contribution is 7.99. The highest BCUT2D eigenvalue weighted by Gasteiger charge is 2.20. The Balaban J connectivity index is 1.77. The molecule has 8 heteroatoms. The SMILES string of the molecule is CC(=O)n1c(SCC(=O)Nc2cc(C)cc(C)c2)nnc1-c1ccccc1Cl. The van der Waals surface area contributed by atoms with Crippen LogP contribution in [-0.4, -0.2) is 32.3 Å². The molecule has 3 aromatic rings. The van der Waals surface area contributed by atoms with Gasteiger partial charge in [-0.25, -0.2) is 4.57 Å². The monoisotopic (exact) mass is 414 g/mol. The zero-order valence-electron chi connectivity index (χ0n) is 15.7. The summed E-state index contributed by atoms with van der Waals surface area (Å²) in [7, 11) is 0. The maximum atomic E-state index is 12.3. The number of halogens is 1. The number of carbonyl (C=O) groups excluding carboxylic acids is 2. The Morgan fingerprint density at radius 2 is 1.79 bits per heavy atom. The third kappa shape index (κ3) is 4.61. The van der Waals surface area contributed by atoms with E-state index in [-0.39, 0.29) is 17.6 Å². The van der Waals surface area contributed by atoms with Crippen LogP contribution in [-0.2, 0) is 4.79 Å². The second-order valence-corrected chi connectivity index (χ2v) is 7.70. The van der Waals surface area contributed by atoms with Crippen molar-refractivity contribution in [3.63, 3.8) is 0 Å². The number of nitrogens with one attached hydrogen (secondary N) is 1. The van der Waals surface area contributed by atoms with Gasteiger partial charge in [0.2, 0.25) is 11.8 Å². The minimum atomic E-state index is -0.253. The zero-order chi connectivity index (χ0) is 20.3. The van der Waals surface area contributed by atoms with E-state index in [1.807, 2.05) is 38.1 Å². The Bertz CT molecular complexity index is 1030. The fraction of sp³-hybridized carbons (Fsp3) is 0.200. The molecule has 0 spiro atoms. The summed E-state index contributed by atoms with van der Waals surface area (Å²) in [5.41, 5.74) is 3.50. The van der Waals surface area contributed by atoms with E-state index in [1.54, 1.807) is 18.2 Å². The van der Waals surface area contributed by atoms with Crippen LogP contribution in [0.2, 0.25) is 5.02 Å². The van der Waals surface area contributed by atoms with Crippen LogP contribution in [0.15, 0.2) is 47.6 Å². The van der Waals surface area contributed by atoms with E-state index >= 15 is 0 Å². The third-order valence-corrected chi connectivity index (χ3v) is 5.16. The van der Waals surface area contributed by atoms with Crippen molar-refractivity contribution in [2.45, 2.75) is 25.9 Å². The molecule has 2 aromatic carbocycles. The molecule has 1 amide bonds. The van der Waals surface area contributed by atoms with Crippen LogP contribution in [0.5, 0.6) is 0 Å². The van der Waals surface area contributed by atoms with Gasteiger partial charge >= 0.3 is 0 Å².